The van der Waals surface area contributed by atoms with Crippen LogP contribution in [0.3, 0.4) is 0 Å². The highest BCUT2D eigenvalue weighted by Crippen LogP contribution is 2.25. The second-order valence-electron chi connectivity index (χ2n) is 8.28. The van der Waals surface area contributed by atoms with Crippen LogP contribution in [0.1, 0.15) is 52.5 Å². The minimum Gasteiger partial charge on any atom is -0.451 e. The number of rotatable bonds is 5. The number of fused-ring (bicyclic) bond motifs is 1. The minimum absolute atomic E-state index is 0.0363. The second kappa shape index (κ2) is 9.25. The third-order valence-electron chi connectivity index (χ3n) is 6.11. The average Bonchev–Trinajstić information content (AvgIpc) is 2.77. The number of aryl methyl sites for hydroxylation is 2. The summed E-state index contributed by atoms with van der Waals surface area (Å²) in [5.74, 6) is -0.345. The number of piperidine rings is 1. The molecule has 0 spiro atoms. The van der Waals surface area contributed by atoms with Crippen molar-refractivity contribution in [2.45, 2.75) is 39.2 Å². The maximum atomic E-state index is 12.9. The summed E-state index contributed by atoms with van der Waals surface area (Å²) in [5.41, 5.74) is 3.37. The van der Waals surface area contributed by atoms with E-state index in [0.717, 1.165) is 42.6 Å². The van der Waals surface area contributed by atoms with Crippen molar-refractivity contribution in [3.05, 3.63) is 80.2 Å². The summed E-state index contributed by atoms with van der Waals surface area (Å²) in [5, 5.41) is 4.16. The lowest BCUT2D eigenvalue weighted by Crippen LogP contribution is -2.40. The van der Waals surface area contributed by atoms with Crippen LogP contribution in [-0.2, 0) is 0 Å². The molecular formula is C25H27ClN2O3. The molecule has 4 rings (SSSR count). The Hall–Kier alpha value is -2.63. The summed E-state index contributed by atoms with van der Waals surface area (Å²) in [4.78, 5) is 27.8. The number of nitrogens with one attached hydrogen (secondary N) is 1. The number of hydrogen-bond donors (Lipinski definition) is 1. The molecule has 0 radical (unpaired) electrons. The Morgan fingerprint density at radius 2 is 1.74 bits per heavy atom. The monoisotopic (exact) mass is 438 g/mol. The smallest absolute Gasteiger partial charge is 0.287 e. The summed E-state index contributed by atoms with van der Waals surface area (Å²) < 4.78 is 5.80. The highest BCUT2D eigenvalue weighted by Gasteiger charge is 2.24. The molecule has 0 bridgehead atoms. The van der Waals surface area contributed by atoms with Crippen molar-refractivity contribution in [3.8, 4) is 0 Å². The SMILES string of the molecule is Cc1cc2oc(C(=O)NC[C@@H](c3ccc(Cl)cc3)N3CCCCC3)cc(=O)c2cc1C. The molecule has 162 valence electrons. The maximum absolute atomic E-state index is 12.9. The van der Waals surface area contributed by atoms with E-state index in [9.17, 15) is 9.59 Å². The summed E-state index contributed by atoms with van der Waals surface area (Å²) in [6, 6.07) is 12.7. The van der Waals surface area contributed by atoms with E-state index < -0.39 is 0 Å². The van der Waals surface area contributed by atoms with E-state index >= 15 is 0 Å². The van der Waals surface area contributed by atoms with Crippen LogP contribution < -0.4 is 10.7 Å². The summed E-state index contributed by atoms with van der Waals surface area (Å²) >= 11 is 6.07. The van der Waals surface area contributed by atoms with Gasteiger partial charge in [0, 0.05) is 17.6 Å². The zero-order valence-electron chi connectivity index (χ0n) is 17.9. The zero-order chi connectivity index (χ0) is 22.0. The number of likely N-dealkylation sites (tertiary alicyclic amines) is 1. The lowest BCUT2D eigenvalue weighted by atomic mass is 10.0. The predicted molar refractivity (Wildman–Crippen MR) is 124 cm³/mol. The molecule has 1 saturated heterocycles. The van der Waals surface area contributed by atoms with Gasteiger partial charge in [-0.25, -0.2) is 0 Å². The molecule has 6 heteroatoms. The van der Waals surface area contributed by atoms with E-state index in [0.29, 0.717) is 22.5 Å². The number of carbonyl (C=O) groups is 1. The van der Waals surface area contributed by atoms with E-state index in [-0.39, 0.29) is 23.1 Å². The number of benzene rings is 2. The van der Waals surface area contributed by atoms with E-state index in [1.165, 1.54) is 12.5 Å². The Labute approximate surface area is 187 Å². The topological polar surface area (TPSA) is 62.6 Å². The zero-order valence-corrected chi connectivity index (χ0v) is 18.7. The van der Waals surface area contributed by atoms with Gasteiger partial charge in [-0.1, -0.05) is 30.2 Å². The molecule has 2 heterocycles. The van der Waals surface area contributed by atoms with Gasteiger partial charge in [0.1, 0.15) is 5.58 Å². The van der Waals surface area contributed by atoms with Crippen molar-refractivity contribution in [1.82, 2.24) is 10.2 Å². The molecule has 0 unspecified atom stereocenters. The molecule has 1 fully saturated rings. The fraction of sp³-hybridized carbons (Fsp3) is 0.360. The number of nitrogens with zero attached hydrogens (tertiary/aromatic N) is 1. The number of amides is 1. The first-order valence-corrected chi connectivity index (χ1v) is 11.1. The third-order valence-corrected chi connectivity index (χ3v) is 6.36. The van der Waals surface area contributed by atoms with Gasteiger partial charge in [-0.15, -0.1) is 0 Å². The van der Waals surface area contributed by atoms with Gasteiger partial charge in [-0.05, 0) is 80.7 Å². The van der Waals surface area contributed by atoms with Crippen LogP contribution in [0.15, 0.2) is 51.7 Å². The maximum Gasteiger partial charge on any atom is 0.287 e. The van der Waals surface area contributed by atoms with Gasteiger partial charge in [0.15, 0.2) is 11.2 Å². The number of halogens is 1. The fourth-order valence-corrected chi connectivity index (χ4v) is 4.30. The van der Waals surface area contributed by atoms with Gasteiger partial charge in [0.05, 0.1) is 11.4 Å². The van der Waals surface area contributed by atoms with Crippen molar-refractivity contribution < 1.29 is 9.21 Å². The largest absolute Gasteiger partial charge is 0.451 e. The van der Waals surface area contributed by atoms with Crippen molar-refractivity contribution in [2.24, 2.45) is 0 Å². The highest BCUT2D eigenvalue weighted by atomic mass is 35.5. The third kappa shape index (κ3) is 4.83. The van der Waals surface area contributed by atoms with Crippen LogP contribution in [0, 0.1) is 13.8 Å². The predicted octanol–water partition coefficient (Wildman–Crippen LogP) is 5.02. The van der Waals surface area contributed by atoms with Gasteiger partial charge in [-0.2, -0.15) is 0 Å². The molecule has 0 saturated carbocycles. The Balaban J connectivity index is 1.56. The van der Waals surface area contributed by atoms with Crippen molar-refractivity contribution in [3.63, 3.8) is 0 Å². The molecule has 1 atom stereocenters. The Morgan fingerprint density at radius 1 is 1.06 bits per heavy atom. The Bertz CT molecular complexity index is 1150. The number of carbonyl (C=O) groups excluding carboxylic acids is 1. The standard InChI is InChI=1S/C25H27ClN2O3/c1-16-12-20-22(29)14-24(31-23(20)13-17(16)2)25(30)27-15-21(28-10-4-3-5-11-28)18-6-8-19(26)9-7-18/h6-9,12-14,21H,3-5,10-11,15H2,1-2H3,(H,27,30)/t21-/m0/s1. The van der Waals surface area contributed by atoms with Crippen LogP contribution in [0.2, 0.25) is 5.02 Å². The normalized spacial score (nSPS) is 15.7. The van der Waals surface area contributed by atoms with Gasteiger partial charge < -0.3 is 9.73 Å². The quantitative estimate of drug-likeness (QED) is 0.607. The highest BCUT2D eigenvalue weighted by molar-refractivity contribution is 6.30. The van der Waals surface area contributed by atoms with E-state index in [1.807, 2.05) is 50.2 Å². The summed E-state index contributed by atoms with van der Waals surface area (Å²) in [6.45, 7) is 6.32. The first-order valence-electron chi connectivity index (χ1n) is 10.8. The minimum atomic E-state index is -0.381. The molecular weight excluding hydrogens is 412 g/mol. The Morgan fingerprint density at radius 3 is 2.45 bits per heavy atom. The first-order chi connectivity index (χ1) is 14.9. The van der Waals surface area contributed by atoms with Crippen molar-refractivity contribution in [1.29, 1.82) is 0 Å². The molecule has 31 heavy (non-hydrogen) atoms. The fourth-order valence-electron chi connectivity index (χ4n) is 4.17. The van der Waals surface area contributed by atoms with Gasteiger partial charge >= 0.3 is 0 Å². The van der Waals surface area contributed by atoms with E-state index in [4.69, 9.17) is 16.0 Å². The van der Waals surface area contributed by atoms with Crippen LogP contribution >= 0.6 is 11.6 Å². The van der Waals surface area contributed by atoms with Crippen LogP contribution in [0.4, 0.5) is 0 Å². The van der Waals surface area contributed by atoms with E-state index in [2.05, 4.69) is 10.2 Å². The lowest BCUT2D eigenvalue weighted by Gasteiger charge is -2.35. The molecule has 1 amide bonds. The van der Waals surface area contributed by atoms with Gasteiger partial charge in [-0.3, -0.25) is 14.5 Å². The molecule has 1 N–H and O–H groups in total. The first kappa shape index (κ1) is 21.6. The summed E-state index contributed by atoms with van der Waals surface area (Å²) in [7, 11) is 0. The molecule has 0 aliphatic carbocycles. The molecule has 1 aliphatic heterocycles. The molecule has 3 aromatic rings. The van der Waals surface area contributed by atoms with Crippen molar-refractivity contribution in [2.75, 3.05) is 19.6 Å². The molecule has 2 aromatic carbocycles. The lowest BCUT2D eigenvalue weighted by molar-refractivity contribution is 0.0897. The average molecular weight is 439 g/mol. The van der Waals surface area contributed by atoms with Gasteiger partial charge in [0.25, 0.3) is 5.91 Å². The van der Waals surface area contributed by atoms with E-state index in [1.54, 1.807) is 0 Å². The Kier molecular flexibility index (Phi) is 6.44. The van der Waals surface area contributed by atoms with Crippen molar-refractivity contribution >= 4 is 28.5 Å². The van der Waals surface area contributed by atoms with Crippen LogP contribution in [0.5, 0.6) is 0 Å². The van der Waals surface area contributed by atoms with Crippen LogP contribution in [-0.4, -0.2) is 30.4 Å². The molecule has 1 aliphatic rings. The number of hydrogen-bond acceptors (Lipinski definition) is 4. The summed E-state index contributed by atoms with van der Waals surface area (Å²) in [6.07, 6.45) is 3.53. The molecule has 5 nitrogen and oxygen atoms in total. The second-order valence-corrected chi connectivity index (χ2v) is 8.72. The molecule has 1 aromatic heterocycles. The van der Waals surface area contributed by atoms with Gasteiger partial charge in [0.2, 0.25) is 0 Å². The van der Waals surface area contributed by atoms with Crippen LogP contribution in [0.25, 0.3) is 11.0 Å².